The molecule has 0 bridgehead atoms. The van der Waals surface area contributed by atoms with E-state index < -0.39 is 33.5 Å². The highest BCUT2D eigenvalue weighted by Crippen LogP contribution is 2.37. The summed E-state index contributed by atoms with van der Waals surface area (Å²) in [6.07, 6.45) is 1.14. The van der Waals surface area contributed by atoms with Gasteiger partial charge < -0.3 is 8.92 Å². The maximum Gasteiger partial charge on any atom is 0.339 e. The molecular formula is C24H15Br2ClN2O7S. The minimum Gasteiger partial charge on any atom is -0.497 e. The number of halogens is 3. The summed E-state index contributed by atoms with van der Waals surface area (Å²) in [5, 5.41) is 2.46. The van der Waals surface area contributed by atoms with Crippen molar-refractivity contribution in [2.45, 2.75) is 4.90 Å². The van der Waals surface area contributed by atoms with Crippen LogP contribution in [0.1, 0.15) is 5.56 Å². The number of nitrogens with zero attached hydrogens (tertiary/aromatic N) is 1. The molecule has 1 heterocycles. The summed E-state index contributed by atoms with van der Waals surface area (Å²) < 4.78 is 37.1. The van der Waals surface area contributed by atoms with Gasteiger partial charge in [0, 0.05) is 15.1 Å². The first kappa shape index (κ1) is 26.9. The van der Waals surface area contributed by atoms with Crippen molar-refractivity contribution in [2.24, 2.45) is 0 Å². The maximum absolute atomic E-state index is 13.3. The van der Waals surface area contributed by atoms with Crippen molar-refractivity contribution >= 4 is 83.2 Å². The third-order valence-corrected chi connectivity index (χ3v) is 7.60. The smallest absolute Gasteiger partial charge is 0.339 e. The van der Waals surface area contributed by atoms with Gasteiger partial charge in [-0.15, -0.1) is 0 Å². The van der Waals surface area contributed by atoms with Gasteiger partial charge >= 0.3 is 16.1 Å². The lowest BCUT2D eigenvalue weighted by molar-refractivity contribution is -0.122. The summed E-state index contributed by atoms with van der Waals surface area (Å²) in [5.74, 6) is -1.55. The number of urea groups is 1. The van der Waals surface area contributed by atoms with Crippen LogP contribution in [0.2, 0.25) is 5.02 Å². The Hall–Kier alpha value is -3.19. The number of imide groups is 2. The number of anilines is 1. The summed E-state index contributed by atoms with van der Waals surface area (Å²) in [7, 11) is -2.85. The minimum atomic E-state index is -4.32. The quantitative estimate of drug-likeness (QED) is 0.215. The van der Waals surface area contributed by atoms with E-state index in [-0.39, 0.29) is 26.4 Å². The van der Waals surface area contributed by atoms with Crippen LogP contribution in [0, 0.1) is 0 Å². The SMILES string of the molecule is COc1ccc(N2C(=O)NC(=O)/C(=C\c3cc(Br)cc(Br)c3OS(=O)(=O)c3ccc(Cl)cc3)C2=O)cc1. The molecule has 1 fully saturated rings. The Labute approximate surface area is 233 Å². The van der Waals surface area contributed by atoms with E-state index in [1.54, 1.807) is 12.1 Å². The van der Waals surface area contributed by atoms with Crippen LogP contribution in [0.15, 0.2) is 80.1 Å². The molecule has 0 radical (unpaired) electrons. The van der Waals surface area contributed by atoms with Crippen LogP contribution in [0.25, 0.3) is 6.08 Å². The number of amides is 4. The Morgan fingerprint density at radius 2 is 1.62 bits per heavy atom. The predicted molar refractivity (Wildman–Crippen MR) is 143 cm³/mol. The third-order valence-electron chi connectivity index (χ3n) is 5.06. The minimum absolute atomic E-state index is 0.0707. The van der Waals surface area contributed by atoms with Gasteiger partial charge in [-0.25, -0.2) is 9.69 Å². The average Bonchev–Trinajstić information content (AvgIpc) is 2.84. The lowest BCUT2D eigenvalue weighted by Crippen LogP contribution is -2.54. The fraction of sp³-hybridized carbons (Fsp3) is 0.0417. The molecule has 1 saturated heterocycles. The lowest BCUT2D eigenvalue weighted by Gasteiger charge is -2.26. The van der Waals surface area contributed by atoms with Crippen molar-refractivity contribution < 1.29 is 31.7 Å². The average molecular weight is 671 g/mol. The van der Waals surface area contributed by atoms with Crippen LogP contribution >= 0.6 is 43.5 Å². The lowest BCUT2D eigenvalue weighted by atomic mass is 10.1. The van der Waals surface area contributed by atoms with Crippen LogP contribution in [0.3, 0.4) is 0 Å². The number of rotatable bonds is 6. The van der Waals surface area contributed by atoms with Crippen molar-refractivity contribution in [3.8, 4) is 11.5 Å². The van der Waals surface area contributed by atoms with Crippen LogP contribution in [-0.2, 0) is 19.7 Å². The molecule has 9 nitrogen and oxygen atoms in total. The number of carbonyl (C=O) groups excluding carboxylic acids is 3. The van der Waals surface area contributed by atoms with Gasteiger partial charge in [0.1, 0.15) is 16.2 Å². The Morgan fingerprint density at radius 1 is 0.973 bits per heavy atom. The Kier molecular flexibility index (Phi) is 7.74. The molecule has 37 heavy (non-hydrogen) atoms. The number of ether oxygens (including phenoxy) is 1. The molecule has 0 unspecified atom stereocenters. The second-order valence-electron chi connectivity index (χ2n) is 7.45. The van der Waals surface area contributed by atoms with E-state index in [4.69, 9.17) is 20.5 Å². The highest BCUT2D eigenvalue weighted by molar-refractivity contribution is 9.11. The summed E-state index contributed by atoms with van der Waals surface area (Å²) in [6.45, 7) is 0. The molecule has 0 aliphatic carbocycles. The molecule has 0 aromatic heterocycles. The highest BCUT2D eigenvalue weighted by Gasteiger charge is 2.37. The molecule has 1 aliphatic heterocycles. The first-order valence-corrected chi connectivity index (χ1v) is 13.6. The summed E-state index contributed by atoms with van der Waals surface area (Å²) in [6, 6.07) is 13.5. The Bertz CT molecular complexity index is 1560. The van der Waals surface area contributed by atoms with Crippen molar-refractivity contribution in [3.63, 3.8) is 0 Å². The topological polar surface area (TPSA) is 119 Å². The van der Waals surface area contributed by atoms with Crippen LogP contribution in [0.5, 0.6) is 11.5 Å². The van der Waals surface area contributed by atoms with E-state index in [1.165, 1.54) is 55.6 Å². The zero-order chi connectivity index (χ0) is 26.9. The number of methoxy groups -OCH3 is 1. The molecule has 190 valence electrons. The van der Waals surface area contributed by atoms with E-state index in [9.17, 15) is 22.8 Å². The molecule has 1 aliphatic rings. The van der Waals surface area contributed by atoms with Gasteiger partial charge in [0.15, 0.2) is 5.75 Å². The molecule has 3 aromatic carbocycles. The molecule has 4 amide bonds. The normalized spacial score (nSPS) is 15.1. The largest absolute Gasteiger partial charge is 0.497 e. The van der Waals surface area contributed by atoms with Crippen LogP contribution in [0.4, 0.5) is 10.5 Å². The van der Waals surface area contributed by atoms with E-state index in [1.807, 2.05) is 0 Å². The van der Waals surface area contributed by atoms with E-state index >= 15 is 0 Å². The summed E-state index contributed by atoms with van der Waals surface area (Å²) in [4.78, 5) is 39.1. The molecule has 0 atom stereocenters. The molecule has 0 saturated carbocycles. The Balaban J connectivity index is 1.77. The zero-order valence-electron chi connectivity index (χ0n) is 18.7. The number of hydrogen-bond acceptors (Lipinski definition) is 7. The van der Waals surface area contributed by atoms with Gasteiger partial charge in [-0.05, 0) is 82.7 Å². The number of barbiturate groups is 1. The monoisotopic (exact) mass is 668 g/mol. The predicted octanol–water partition coefficient (Wildman–Crippen LogP) is 5.31. The van der Waals surface area contributed by atoms with E-state index in [0.29, 0.717) is 15.2 Å². The van der Waals surface area contributed by atoms with Gasteiger partial charge in [-0.1, -0.05) is 27.5 Å². The molecule has 1 N–H and O–H groups in total. The van der Waals surface area contributed by atoms with Crippen molar-refractivity contribution in [2.75, 3.05) is 12.0 Å². The van der Waals surface area contributed by atoms with Gasteiger partial charge in [-0.3, -0.25) is 14.9 Å². The fourth-order valence-corrected chi connectivity index (χ4v) is 5.86. The van der Waals surface area contributed by atoms with E-state index in [2.05, 4.69) is 37.2 Å². The highest BCUT2D eigenvalue weighted by atomic mass is 79.9. The molecule has 4 rings (SSSR count). The molecule has 13 heteroatoms. The van der Waals surface area contributed by atoms with E-state index in [0.717, 1.165) is 11.0 Å². The molecular weight excluding hydrogens is 656 g/mol. The van der Waals surface area contributed by atoms with Gasteiger partial charge in [-0.2, -0.15) is 8.42 Å². The summed E-state index contributed by atoms with van der Waals surface area (Å²) >= 11 is 12.4. The van der Waals surface area contributed by atoms with Crippen LogP contribution < -0.4 is 19.1 Å². The van der Waals surface area contributed by atoms with Crippen LogP contribution in [-0.4, -0.2) is 33.4 Å². The number of benzene rings is 3. The zero-order valence-corrected chi connectivity index (χ0v) is 23.4. The van der Waals surface area contributed by atoms with Crippen molar-refractivity contribution in [1.82, 2.24) is 5.32 Å². The molecule has 0 spiro atoms. The standard InChI is InChI=1S/C24H15Br2ClN2O7S/c1-35-17-6-4-16(5-7-17)29-23(31)19(22(30)28-24(29)32)11-13-10-14(25)12-20(26)21(13)36-37(33,34)18-8-2-15(27)3-9-18/h2-12H,1H3,(H,28,30,32)/b19-11+. The molecule has 3 aromatic rings. The first-order valence-electron chi connectivity index (χ1n) is 10.2. The second kappa shape index (κ2) is 10.7. The number of hydrogen-bond donors (Lipinski definition) is 1. The van der Waals surface area contributed by atoms with Crippen molar-refractivity contribution in [3.05, 3.63) is 85.8 Å². The number of nitrogens with one attached hydrogen (secondary N) is 1. The first-order chi connectivity index (χ1) is 17.5. The van der Waals surface area contributed by atoms with Crippen molar-refractivity contribution in [1.29, 1.82) is 0 Å². The number of carbonyl (C=O) groups is 3. The van der Waals surface area contributed by atoms with Gasteiger partial charge in [0.25, 0.3) is 11.8 Å². The Morgan fingerprint density at radius 3 is 2.24 bits per heavy atom. The van der Waals surface area contributed by atoms with Gasteiger partial charge in [0.2, 0.25) is 0 Å². The fourth-order valence-electron chi connectivity index (χ4n) is 3.31. The maximum atomic E-state index is 13.3. The third kappa shape index (κ3) is 5.72. The second-order valence-corrected chi connectivity index (χ2v) is 11.2. The summed E-state index contributed by atoms with van der Waals surface area (Å²) in [5.41, 5.74) is -0.158. The van der Waals surface area contributed by atoms with Gasteiger partial charge in [0.05, 0.1) is 17.3 Å².